The van der Waals surface area contributed by atoms with Crippen molar-refractivity contribution in [1.29, 1.82) is 0 Å². The first-order valence-corrected chi connectivity index (χ1v) is 9.30. The van der Waals surface area contributed by atoms with E-state index in [9.17, 15) is 9.59 Å². The fourth-order valence-corrected chi connectivity index (χ4v) is 2.86. The van der Waals surface area contributed by atoms with Crippen LogP contribution in [0.4, 0.5) is 5.69 Å². The first-order valence-electron chi connectivity index (χ1n) is 9.30. The summed E-state index contributed by atoms with van der Waals surface area (Å²) in [6.45, 7) is 0. The highest BCUT2D eigenvalue weighted by Gasteiger charge is 2.21. The molecule has 5 nitrogen and oxygen atoms in total. The highest BCUT2D eigenvalue weighted by Crippen LogP contribution is 2.09. The summed E-state index contributed by atoms with van der Waals surface area (Å²) in [5.41, 5.74) is 2.54. The maximum absolute atomic E-state index is 12.8. The van der Waals surface area contributed by atoms with Gasteiger partial charge in [0.15, 0.2) is 0 Å². The Balaban J connectivity index is 1.64. The third kappa shape index (κ3) is 6.06. The zero-order valence-corrected chi connectivity index (χ0v) is 15.5. The molecule has 0 aliphatic rings. The van der Waals surface area contributed by atoms with Crippen LogP contribution in [0.1, 0.15) is 17.7 Å². The second-order valence-electron chi connectivity index (χ2n) is 6.49. The molecule has 1 aromatic heterocycles. The summed E-state index contributed by atoms with van der Waals surface area (Å²) in [5, 5.41) is 5.75. The summed E-state index contributed by atoms with van der Waals surface area (Å²) in [7, 11) is 0. The molecule has 0 unspecified atom stereocenters. The van der Waals surface area contributed by atoms with E-state index in [2.05, 4.69) is 15.6 Å². The number of para-hydroxylation sites is 1. The molecule has 0 aliphatic carbocycles. The van der Waals surface area contributed by atoms with Crippen LogP contribution in [0.25, 0.3) is 0 Å². The minimum Gasteiger partial charge on any atom is -0.344 e. The van der Waals surface area contributed by atoms with Crippen LogP contribution in [0.3, 0.4) is 0 Å². The van der Waals surface area contributed by atoms with Crippen LogP contribution in [0.2, 0.25) is 0 Å². The number of carbonyl (C=O) groups is 2. The number of amides is 2. The molecule has 0 saturated carbocycles. The van der Waals surface area contributed by atoms with Crippen molar-refractivity contribution >= 4 is 17.5 Å². The molecule has 2 N–H and O–H groups in total. The number of nitrogens with zero attached hydrogens (tertiary/aromatic N) is 1. The number of hydrogen-bond acceptors (Lipinski definition) is 3. The molecule has 3 aromatic rings. The monoisotopic (exact) mass is 373 g/mol. The lowest BCUT2D eigenvalue weighted by atomic mass is 10.0. The molecular weight excluding hydrogens is 350 g/mol. The molecule has 142 valence electrons. The molecule has 0 spiro atoms. The molecule has 0 saturated heterocycles. The van der Waals surface area contributed by atoms with Crippen LogP contribution in [-0.4, -0.2) is 22.8 Å². The molecule has 2 amide bonds. The third-order valence-corrected chi connectivity index (χ3v) is 4.31. The Kier molecular flexibility index (Phi) is 6.90. The number of aromatic nitrogens is 1. The number of pyridine rings is 1. The van der Waals surface area contributed by atoms with Crippen LogP contribution in [0.5, 0.6) is 0 Å². The summed E-state index contributed by atoms with van der Waals surface area (Å²) in [4.78, 5) is 29.5. The molecule has 0 fully saturated rings. The molecule has 28 heavy (non-hydrogen) atoms. The van der Waals surface area contributed by atoms with E-state index in [0.717, 1.165) is 11.3 Å². The fraction of sp³-hybridized carbons (Fsp3) is 0.174. The molecule has 5 heteroatoms. The van der Waals surface area contributed by atoms with Crippen molar-refractivity contribution in [2.24, 2.45) is 0 Å². The lowest BCUT2D eigenvalue weighted by molar-refractivity contribution is -0.126. The Bertz CT molecular complexity index is 883. The number of benzene rings is 2. The Hall–Kier alpha value is -3.47. The van der Waals surface area contributed by atoms with Gasteiger partial charge in [0.05, 0.1) is 0 Å². The van der Waals surface area contributed by atoms with Gasteiger partial charge in [-0.1, -0.05) is 54.6 Å². The quantitative estimate of drug-likeness (QED) is 0.636. The van der Waals surface area contributed by atoms with Crippen molar-refractivity contribution in [3.05, 3.63) is 96.3 Å². The fourth-order valence-electron chi connectivity index (χ4n) is 2.86. The molecule has 0 bridgehead atoms. The van der Waals surface area contributed by atoms with E-state index < -0.39 is 6.04 Å². The van der Waals surface area contributed by atoms with Crippen molar-refractivity contribution in [2.75, 3.05) is 5.32 Å². The van der Waals surface area contributed by atoms with Gasteiger partial charge in [-0.2, -0.15) is 0 Å². The summed E-state index contributed by atoms with van der Waals surface area (Å²) in [6.07, 6.45) is 2.94. The highest BCUT2D eigenvalue weighted by atomic mass is 16.2. The van der Waals surface area contributed by atoms with Crippen LogP contribution in [-0.2, 0) is 22.4 Å². The van der Waals surface area contributed by atoms with Gasteiger partial charge in [-0.25, -0.2) is 0 Å². The van der Waals surface area contributed by atoms with Crippen molar-refractivity contribution in [1.82, 2.24) is 10.3 Å². The van der Waals surface area contributed by atoms with E-state index in [0.29, 0.717) is 18.5 Å². The summed E-state index contributed by atoms with van der Waals surface area (Å²) < 4.78 is 0. The minimum absolute atomic E-state index is 0.171. The summed E-state index contributed by atoms with van der Waals surface area (Å²) in [5.74, 6) is -0.406. The van der Waals surface area contributed by atoms with E-state index in [1.807, 2.05) is 78.9 Å². The van der Waals surface area contributed by atoms with E-state index in [-0.39, 0.29) is 18.2 Å². The predicted molar refractivity (Wildman–Crippen MR) is 110 cm³/mol. The molecule has 3 rings (SSSR count). The van der Waals surface area contributed by atoms with Gasteiger partial charge < -0.3 is 10.6 Å². The van der Waals surface area contributed by atoms with Crippen molar-refractivity contribution in [3.63, 3.8) is 0 Å². The molecule has 0 radical (unpaired) electrons. The lowest BCUT2D eigenvalue weighted by Gasteiger charge is -2.19. The maximum atomic E-state index is 12.8. The Labute approximate surface area is 164 Å². The number of aryl methyl sites for hydroxylation is 1. The van der Waals surface area contributed by atoms with Gasteiger partial charge in [-0.05, 0) is 36.2 Å². The predicted octanol–water partition coefficient (Wildman–Crippen LogP) is 3.38. The molecule has 1 atom stereocenters. The molecular formula is C23H23N3O2. The van der Waals surface area contributed by atoms with Gasteiger partial charge >= 0.3 is 0 Å². The van der Waals surface area contributed by atoms with Gasteiger partial charge in [0.25, 0.3) is 0 Å². The number of carbonyl (C=O) groups excluding carboxylic acids is 2. The van der Waals surface area contributed by atoms with Gasteiger partial charge in [0, 0.05) is 30.4 Å². The Morgan fingerprint density at radius 2 is 1.54 bits per heavy atom. The first-order chi connectivity index (χ1) is 13.7. The van der Waals surface area contributed by atoms with Crippen LogP contribution >= 0.6 is 0 Å². The van der Waals surface area contributed by atoms with E-state index >= 15 is 0 Å². The van der Waals surface area contributed by atoms with Gasteiger partial charge in [0.1, 0.15) is 6.04 Å². The maximum Gasteiger partial charge on any atom is 0.247 e. The van der Waals surface area contributed by atoms with Crippen molar-refractivity contribution < 1.29 is 9.59 Å². The zero-order chi connectivity index (χ0) is 19.6. The average molecular weight is 373 g/mol. The topological polar surface area (TPSA) is 71.1 Å². The van der Waals surface area contributed by atoms with Crippen molar-refractivity contribution in [2.45, 2.75) is 25.3 Å². The number of anilines is 1. The Morgan fingerprint density at radius 3 is 2.21 bits per heavy atom. The lowest BCUT2D eigenvalue weighted by Crippen LogP contribution is -2.45. The van der Waals surface area contributed by atoms with Gasteiger partial charge in [-0.3, -0.25) is 14.6 Å². The summed E-state index contributed by atoms with van der Waals surface area (Å²) >= 11 is 0. The van der Waals surface area contributed by atoms with Gasteiger partial charge in [-0.15, -0.1) is 0 Å². The van der Waals surface area contributed by atoms with E-state index in [1.165, 1.54) is 0 Å². The summed E-state index contributed by atoms with van der Waals surface area (Å²) in [6, 6.07) is 23.9. The number of rotatable bonds is 8. The van der Waals surface area contributed by atoms with Crippen LogP contribution in [0.15, 0.2) is 85.1 Å². The largest absolute Gasteiger partial charge is 0.344 e. The zero-order valence-electron chi connectivity index (χ0n) is 15.5. The van der Waals surface area contributed by atoms with E-state index in [4.69, 9.17) is 0 Å². The van der Waals surface area contributed by atoms with E-state index in [1.54, 1.807) is 6.20 Å². The van der Waals surface area contributed by atoms with Gasteiger partial charge in [0.2, 0.25) is 11.8 Å². The van der Waals surface area contributed by atoms with Crippen LogP contribution in [0, 0.1) is 0 Å². The second-order valence-corrected chi connectivity index (χ2v) is 6.49. The highest BCUT2D eigenvalue weighted by molar-refractivity contribution is 5.97. The molecule has 1 heterocycles. The normalized spacial score (nSPS) is 11.4. The van der Waals surface area contributed by atoms with Crippen LogP contribution < -0.4 is 10.6 Å². The van der Waals surface area contributed by atoms with Crippen molar-refractivity contribution in [3.8, 4) is 0 Å². The smallest absolute Gasteiger partial charge is 0.247 e. The third-order valence-electron chi connectivity index (χ3n) is 4.31. The molecule has 2 aromatic carbocycles. The SMILES string of the molecule is O=C(CCc1ccccn1)N[C@H](Cc1ccccc1)C(=O)Nc1ccccc1. The average Bonchev–Trinajstić information content (AvgIpc) is 2.74. The minimum atomic E-state index is -0.654. The second kappa shape index (κ2) is 10.0. The Morgan fingerprint density at radius 1 is 0.857 bits per heavy atom. The first kappa shape index (κ1) is 19.3. The standard InChI is InChI=1S/C23H23N3O2/c27-22(15-14-19-11-7-8-16-24-19)26-21(17-18-9-3-1-4-10-18)23(28)25-20-12-5-2-6-13-20/h1-13,16,21H,14-15,17H2,(H,25,28)(H,26,27)/t21-/m1/s1. The number of hydrogen-bond donors (Lipinski definition) is 2. The molecule has 0 aliphatic heterocycles. The number of nitrogens with one attached hydrogen (secondary N) is 2.